The van der Waals surface area contributed by atoms with E-state index in [1.807, 2.05) is 53.4 Å². The number of anilines is 2. The van der Waals surface area contributed by atoms with Gasteiger partial charge in [-0.3, -0.25) is 4.79 Å². The molecule has 1 aliphatic rings. The molecule has 7 nitrogen and oxygen atoms in total. The molecule has 0 radical (unpaired) electrons. The molecule has 7 heteroatoms. The molecule has 0 aliphatic carbocycles. The lowest BCUT2D eigenvalue weighted by Crippen LogP contribution is -2.48. The SMILES string of the molecule is CC(=O)N1CCN(c2nc(NCc3ccco3)cc(-c3ccccc3)n2)CC1. The van der Waals surface area contributed by atoms with E-state index in [4.69, 9.17) is 14.4 Å². The summed E-state index contributed by atoms with van der Waals surface area (Å²) in [5.41, 5.74) is 1.90. The average molecular weight is 377 g/mol. The number of nitrogens with zero attached hydrogens (tertiary/aromatic N) is 4. The van der Waals surface area contributed by atoms with Crippen LogP contribution in [0.1, 0.15) is 12.7 Å². The lowest BCUT2D eigenvalue weighted by Gasteiger charge is -2.34. The fraction of sp³-hybridized carbons (Fsp3) is 0.286. The van der Waals surface area contributed by atoms with E-state index in [1.54, 1.807) is 13.2 Å². The molecule has 4 rings (SSSR count). The van der Waals surface area contributed by atoms with Crippen molar-refractivity contribution in [3.63, 3.8) is 0 Å². The fourth-order valence-electron chi connectivity index (χ4n) is 3.24. The van der Waals surface area contributed by atoms with Gasteiger partial charge in [0, 0.05) is 44.7 Å². The normalized spacial score (nSPS) is 14.2. The molecule has 1 saturated heterocycles. The Morgan fingerprint density at radius 1 is 1.07 bits per heavy atom. The highest BCUT2D eigenvalue weighted by molar-refractivity contribution is 5.73. The molecule has 2 aromatic heterocycles. The Balaban J connectivity index is 1.59. The maximum absolute atomic E-state index is 11.6. The summed E-state index contributed by atoms with van der Waals surface area (Å²) in [5, 5.41) is 3.33. The lowest BCUT2D eigenvalue weighted by atomic mass is 10.1. The van der Waals surface area contributed by atoms with Gasteiger partial charge in [-0.1, -0.05) is 30.3 Å². The summed E-state index contributed by atoms with van der Waals surface area (Å²) in [5.74, 6) is 2.37. The van der Waals surface area contributed by atoms with Crippen LogP contribution < -0.4 is 10.2 Å². The Morgan fingerprint density at radius 3 is 2.54 bits per heavy atom. The lowest BCUT2D eigenvalue weighted by molar-refractivity contribution is -0.129. The van der Waals surface area contributed by atoms with Crippen LogP contribution in [-0.4, -0.2) is 47.0 Å². The van der Waals surface area contributed by atoms with Crippen LogP contribution in [0.25, 0.3) is 11.3 Å². The zero-order valence-electron chi connectivity index (χ0n) is 15.8. The fourth-order valence-corrected chi connectivity index (χ4v) is 3.24. The number of piperazine rings is 1. The van der Waals surface area contributed by atoms with Crippen LogP contribution in [0.2, 0.25) is 0 Å². The number of aromatic nitrogens is 2. The van der Waals surface area contributed by atoms with E-state index >= 15 is 0 Å². The highest BCUT2D eigenvalue weighted by atomic mass is 16.3. The molecule has 1 amide bonds. The van der Waals surface area contributed by atoms with Crippen LogP contribution in [0.5, 0.6) is 0 Å². The second kappa shape index (κ2) is 8.12. The first kappa shape index (κ1) is 18.0. The molecule has 0 saturated carbocycles. The zero-order chi connectivity index (χ0) is 19.3. The molecule has 1 fully saturated rings. The van der Waals surface area contributed by atoms with Gasteiger partial charge in [0.1, 0.15) is 11.6 Å². The summed E-state index contributed by atoms with van der Waals surface area (Å²) in [6, 6.07) is 15.8. The Bertz CT molecular complexity index is 919. The van der Waals surface area contributed by atoms with Crippen molar-refractivity contribution in [2.45, 2.75) is 13.5 Å². The maximum atomic E-state index is 11.6. The molecule has 0 spiro atoms. The molecule has 3 aromatic rings. The van der Waals surface area contributed by atoms with Crippen LogP contribution in [-0.2, 0) is 11.3 Å². The minimum atomic E-state index is 0.111. The molecule has 0 unspecified atom stereocenters. The van der Waals surface area contributed by atoms with E-state index in [9.17, 15) is 4.79 Å². The summed E-state index contributed by atoms with van der Waals surface area (Å²) < 4.78 is 5.40. The van der Waals surface area contributed by atoms with Gasteiger partial charge < -0.3 is 19.5 Å². The summed E-state index contributed by atoms with van der Waals surface area (Å²) in [4.78, 5) is 25.1. The van der Waals surface area contributed by atoms with E-state index in [0.717, 1.165) is 35.9 Å². The van der Waals surface area contributed by atoms with Crippen LogP contribution in [0, 0.1) is 0 Å². The Morgan fingerprint density at radius 2 is 1.86 bits per heavy atom. The van der Waals surface area contributed by atoms with Gasteiger partial charge in [0.2, 0.25) is 11.9 Å². The predicted molar refractivity (Wildman–Crippen MR) is 108 cm³/mol. The van der Waals surface area contributed by atoms with Crippen LogP contribution >= 0.6 is 0 Å². The van der Waals surface area contributed by atoms with Crippen molar-refractivity contribution in [1.29, 1.82) is 0 Å². The average Bonchev–Trinajstić information content (AvgIpc) is 3.26. The van der Waals surface area contributed by atoms with Crippen molar-refractivity contribution < 1.29 is 9.21 Å². The highest BCUT2D eigenvalue weighted by Crippen LogP contribution is 2.24. The number of amides is 1. The molecule has 0 atom stereocenters. The summed E-state index contributed by atoms with van der Waals surface area (Å²) in [6.45, 7) is 4.96. The standard InChI is InChI=1S/C21H23N5O2/c1-16(27)25-9-11-26(12-10-25)21-23-19(17-6-3-2-4-7-17)14-20(24-21)22-15-18-8-5-13-28-18/h2-8,13-14H,9-12,15H2,1H3,(H,22,23,24). The van der Waals surface area contributed by atoms with Crippen molar-refractivity contribution in [2.24, 2.45) is 0 Å². The van der Waals surface area contributed by atoms with Crippen LogP contribution in [0.4, 0.5) is 11.8 Å². The molecular weight excluding hydrogens is 354 g/mol. The van der Waals surface area contributed by atoms with Gasteiger partial charge in [-0.15, -0.1) is 0 Å². The first-order chi connectivity index (χ1) is 13.7. The highest BCUT2D eigenvalue weighted by Gasteiger charge is 2.21. The van der Waals surface area contributed by atoms with Crippen LogP contribution in [0.15, 0.2) is 59.2 Å². The predicted octanol–water partition coefficient (Wildman–Crippen LogP) is 3.02. The molecule has 28 heavy (non-hydrogen) atoms. The Hall–Kier alpha value is -3.35. The van der Waals surface area contributed by atoms with Crippen molar-refractivity contribution >= 4 is 17.7 Å². The van der Waals surface area contributed by atoms with Gasteiger partial charge in [-0.2, -0.15) is 4.98 Å². The Labute approximate surface area is 164 Å². The molecule has 3 heterocycles. The van der Waals surface area contributed by atoms with Crippen molar-refractivity contribution in [3.05, 3.63) is 60.6 Å². The van der Waals surface area contributed by atoms with E-state index in [2.05, 4.69) is 10.2 Å². The largest absolute Gasteiger partial charge is 0.467 e. The smallest absolute Gasteiger partial charge is 0.227 e. The third kappa shape index (κ3) is 4.14. The van der Waals surface area contributed by atoms with E-state index in [0.29, 0.717) is 25.6 Å². The number of hydrogen-bond acceptors (Lipinski definition) is 6. The van der Waals surface area contributed by atoms with E-state index in [1.165, 1.54) is 0 Å². The number of furan rings is 1. The number of carbonyl (C=O) groups excluding carboxylic acids is 1. The number of rotatable bonds is 5. The first-order valence-electron chi connectivity index (χ1n) is 9.40. The monoisotopic (exact) mass is 377 g/mol. The third-order valence-corrected chi connectivity index (χ3v) is 4.82. The zero-order valence-corrected chi connectivity index (χ0v) is 15.8. The summed E-state index contributed by atoms with van der Waals surface area (Å²) >= 11 is 0. The number of carbonyl (C=O) groups is 1. The van der Waals surface area contributed by atoms with Gasteiger partial charge in [0.15, 0.2) is 0 Å². The minimum Gasteiger partial charge on any atom is -0.467 e. The summed E-state index contributed by atoms with van der Waals surface area (Å²) in [7, 11) is 0. The van der Waals surface area contributed by atoms with E-state index < -0.39 is 0 Å². The summed E-state index contributed by atoms with van der Waals surface area (Å²) in [6.07, 6.45) is 1.66. The quantitative estimate of drug-likeness (QED) is 0.737. The minimum absolute atomic E-state index is 0.111. The second-order valence-corrected chi connectivity index (χ2v) is 6.73. The third-order valence-electron chi connectivity index (χ3n) is 4.82. The molecule has 1 aliphatic heterocycles. The molecule has 144 valence electrons. The van der Waals surface area contributed by atoms with Crippen LogP contribution in [0.3, 0.4) is 0 Å². The second-order valence-electron chi connectivity index (χ2n) is 6.73. The van der Waals surface area contributed by atoms with Crippen molar-refractivity contribution in [1.82, 2.24) is 14.9 Å². The molecular formula is C21H23N5O2. The Kier molecular flexibility index (Phi) is 5.23. The van der Waals surface area contributed by atoms with Crippen molar-refractivity contribution in [2.75, 3.05) is 36.4 Å². The molecule has 1 N–H and O–H groups in total. The number of benzene rings is 1. The maximum Gasteiger partial charge on any atom is 0.227 e. The van der Waals surface area contributed by atoms with Gasteiger partial charge in [-0.05, 0) is 12.1 Å². The van der Waals surface area contributed by atoms with Gasteiger partial charge in [0.05, 0.1) is 18.5 Å². The first-order valence-corrected chi connectivity index (χ1v) is 9.40. The molecule has 0 bridgehead atoms. The van der Waals surface area contributed by atoms with Crippen molar-refractivity contribution in [3.8, 4) is 11.3 Å². The molecule has 1 aromatic carbocycles. The van der Waals surface area contributed by atoms with E-state index in [-0.39, 0.29) is 5.91 Å². The van der Waals surface area contributed by atoms with Gasteiger partial charge in [0.25, 0.3) is 0 Å². The van der Waals surface area contributed by atoms with Gasteiger partial charge in [-0.25, -0.2) is 4.98 Å². The number of nitrogens with one attached hydrogen (secondary N) is 1. The topological polar surface area (TPSA) is 74.5 Å². The number of hydrogen-bond donors (Lipinski definition) is 1. The van der Waals surface area contributed by atoms with Gasteiger partial charge >= 0.3 is 0 Å².